The fourth-order valence-corrected chi connectivity index (χ4v) is 2.02. The van der Waals surface area contributed by atoms with E-state index in [0.717, 1.165) is 11.3 Å². The molecule has 4 heteroatoms. The van der Waals surface area contributed by atoms with Crippen LogP contribution in [-0.4, -0.2) is 37.2 Å². The van der Waals surface area contributed by atoms with Crippen LogP contribution in [0, 0.1) is 5.41 Å². The number of carboxylic acids is 1. The van der Waals surface area contributed by atoms with Gasteiger partial charge in [0.2, 0.25) is 0 Å². The first-order chi connectivity index (χ1) is 8.77. The molecule has 1 unspecified atom stereocenters. The molecule has 0 heterocycles. The van der Waals surface area contributed by atoms with Crippen molar-refractivity contribution >= 4 is 5.97 Å². The van der Waals surface area contributed by atoms with Crippen LogP contribution in [0.2, 0.25) is 0 Å². The van der Waals surface area contributed by atoms with E-state index in [0.29, 0.717) is 6.42 Å². The molecule has 1 aromatic rings. The SMILES string of the molecule is COc1cccc(C(CC(C)(C)C(=O)O)N(C)C)c1. The van der Waals surface area contributed by atoms with E-state index in [-0.39, 0.29) is 6.04 Å². The molecule has 0 saturated heterocycles. The van der Waals surface area contributed by atoms with Gasteiger partial charge in [0, 0.05) is 6.04 Å². The fraction of sp³-hybridized carbons (Fsp3) is 0.533. The average Bonchev–Trinajstić information content (AvgIpc) is 2.35. The summed E-state index contributed by atoms with van der Waals surface area (Å²) in [4.78, 5) is 13.3. The summed E-state index contributed by atoms with van der Waals surface area (Å²) in [6, 6.07) is 7.83. The lowest BCUT2D eigenvalue weighted by Crippen LogP contribution is -2.31. The van der Waals surface area contributed by atoms with Crippen LogP contribution in [0.1, 0.15) is 31.9 Å². The molecule has 0 amide bonds. The molecule has 1 atom stereocenters. The van der Waals surface area contributed by atoms with Gasteiger partial charge in [0.1, 0.15) is 5.75 Å². The minimum Gasteiger partial charge on any atom is -0.497 e. The molecular weight excluding hydrogens is 242 g/mol. The second-order valence-corrected chi connectivity index (χ2v) is 5.65. The van der Waals surface area contributed by atoms with Crippen molar-refractivity contribution in [3.05, 3.63) is 29.8 Å². The lowest BCUT2D eigenvalue weighted by molar-refractivity contribution is -0.148. The number of ether oxygens (including phenoxy) is 1. The van der Waals surface area contributed by atoms with E-state index >= 15 is 0 Å². The van der Waals surface area contributed by atoms with Crippen LogP contribution >= 0.6 is 0 Å². The molecule has 106 valence electrons. The van der Waals surface area contributed by atoms with Gasteiger partial charge < -0.3 is 14.7 Å². The molecule has 0 fully saturated rings. The average molecular weight is 265 g/mol. The second kappa shape index (κ2) is 6.06. The minimum absolute atomic E-state index is 0.0428. The number of rotatable bonds is 6. The van der Waals surface area contributed by atoms with Crippen LogP contribution in [0.4, 0.5) is 0 Å². The Morgan fingerprint density at radius 2 is 2.05 bits per heavy atom. The number of methoxy groups -OCH3 is 1. The Bertz CT molecular complexity index is 441. The van der Waals surface area contributed by atoms with E-state index in [9.17, 15) is 9.90 Å². The standard InChI is InChI=1S/C15H23NO3/c1-15(2,14(17)18)10-13(16(3)4)11-7-6-8-12(9-11)19-5/h6-9,13H,10H2,1-5H3,(H,17,18). The molecule has 0 aliphatic carbocycles. The number of carbonyl (C=O) groups is 1. The van der Waals surface area contributed by atoms with Gasteiger partial charge in [-0.15, -0.1) is 0 Å². The van der Waals surface area contributed by atoms with Crippen molar-refractivity contribution in [1.29, 1.82) is 0 Å². The van der Waals surface area contributed by atoms with Gasteiger partial charge in [-0.05, 0) is 52.1 Å². The molecule has 19 heavy (non-hydrogen) atoms. The fourth-order valence-electron chi connectivity index (χ4n) is 2.02. The summed E-state index contributed by atoms with van der Waals surface area (Å²) in [7, 11) is 5.55. The molecule has 0 aliphatic heterocycles. The third-order valence-electron chi connectivity index (χ3n) is 3.38. The van der Waals surface area contributed by atoms with Crippen LogP contribution in [-0.2, 0) is 4.79 Å². The zero-order valence-electron chi connectivity index (χ0n) is 12.3. The molecule has 0 aromatic heterocycles. The van der Waals surface area contributed by atoms with Crippen molar-refractivity contribution in [1.82, 2.24) is 4.90 Å². The van der Waals surface area contributed by atoms with Gasteiger partial charge in [-0.1, -0.05) is 12.1 Å². The minimum atomic E-state index is -0.776. The van der Waals surface area contributed by atoms with Crippen molar-refractivity contribution in [2.24, 2.45) is 5.41 Å². The molecule has 1 aromatic carbocycles. The monoisotopic (exact) mass is 265 g/mol. The molecular formula is C15H23NO3. The van der Waals surface area contributed by atoms with Crippen LogP contribution < -0.4 is 4.74 Å². The number of aliphatic carboxylic acids is 1. The highest BCUT2D eigenvalue weighted by Gasteiger charge is 2.32. The van der Waals surface area contributed by atoms with Gasteiger partial charge in [0.25, 0.3) is 0 Å². The molecule has 1 N–H and O–H groups in total. The van der Waals surface area contributed by atoms with Crippen LogP contribution in [0.15, 0.2) is 24.3 Å². The van der Waals surface area contributed by atoms with E-state index in [2.05, 4.69) is 0 Å². The maximum atomic E-state index is 11.3. The third-order valence-corrected chi connectivity index (χ3v) is 3.38. The van der Waals surface area contributed by atoms with Gasteiger partial charge in [0.05, 0.1) is 12.5 Å². The van der Waals surface area contributed by atoms with E-state index < -0.39 is 11.4 Å². The molecule has 0 saturated carbocycles. The van der Waals surface area contributed by atoms with Crippen molar-refractivity contribution in [3.8, 4) is 5.75 Å². The van der Waals surface area contributed by atoms with E-state index in [4.69, 9.17) is 4.74 Å². The Kier molecular flexibility index (Phi) is 4.95. The normalized spacial score (nSPS) is 13.4. The number of nitrogens with zero attached hydrogens (tertiary/aromatic N) is 1. The first-order valence-corrected chi connectivity index (χ1v) is 6.31. The Balaban J connectivity index is 3.04. The van der Waals surface area contributed by atoms with Crippen molar-refractivity contribution in [2.45, 2.75) is 26.3 Å². The number of benzene rings is 1. The third kappa shape index (κ3) is 3.96. The van der Waals surface area contributed by atoms with E-state index in [1.165, 1.54) is 0 Å². The Morgan fingerprint density at radius 3 is 2.53 bits per heavy atom. The van der Waals surface area contributed by atoms with Crippen molar-refractivity contribution < 1.29 is 14.6 Å². The highest BCUT2D eigenvalue weighted by Crippen LogP contribution is 2.34. The predicted octanol–water partition coefficient (Wildman–Crippen LogP) is 2.80. The summed E-state index contributed by atoms with van der Waals surface area (Å²) >= 11 is 0. The lowest BCUT2D eigenvalue weighted by Gasteiger charge is -2.31. The Hall–Kier alpha value is -1.55. The molecule has 1 rings (SSSR count). The zero-order valence-corrected chi connectivity index (χ0v) is 12.3. The molecule has 0 radical (unpaired) electrons. The summed E-state index contributed by atoms with van der Waals surface area (Å²) in [5.74, 6) is 0.0136. The number of carboxylic acid groups (broad SMARTS) is 1. The predicted molar refractivity (Wildman–Crippen MR) is 75.5 cm³/mol. The van der Waals surface area contributed by atoms with E-state index in [1.54, 1.807) is 21.0 Å². The van der Waals surface area contributed by atoms with Gasteiger partial charge in [-0.25, -0.2) is 0 Å². The molecule has 0 aliphatic rings. The summed E-state index contributed by atoms with van der Waals surface area (Å²) in [5.41, 5.74) is 0.302. The van der Waals surface area contributed by atoms with Gasteiger partial charge in [-0.2, -0.15) is 0 Å². The maximum absolute atomic E-state index is 11.3. The van der Waals surface area contributed by atoms with Crippen molar-refractivity contribution in [3.63, 3.8) is 0 Å². The van der Waals surface area contributed by atoms with Gasteiger partial charge >= 0.3 is 5.97 Å². The largest absolute Gasteiger partial charge is 0.497 e. The van der Waals surface area contributed by atoms with Crippen LogP contribution in [0.25, 0.3) is 0 Å². The van der Waals surface area contributed by atoms with E-state index in [1.807, 2.05) is 43.3 Å². The highest BCUT2D eigenvalue weighted by atomic mass is 16.5. The van der Waals surface area contributed by atoms with Crippen LogP contribution in [0.3, 0.4) is 0 Å². The second-order valence-electron chi connectivity index (χ2n) is 5.65. The smallest absolute Gasteiger partial charge is 0.309 e. The Morgan fingerprint density at radius 1 is 1.42 bits per heavy atom. The zero-order chi connectivity index (χ0) is 14.6. The number of hydrogen-bond acceptors (Lipinski definition) is 3. The van der Waals surface area contributed by atoms with Crippen molar-refractivity contribution in [2.75, 3.05) is 21.2 Å². The lowest BCUT2D eigenvalue weighted by atomic mass is 9.83. The highest BCUT2D eigenvalue weighted by molar-refractivity contribution is 5.73. The van der Waals surface area contributed by atoms with Gasteiger partial charge in [-0.3, -0.25) is 4.79 Å². The summed E-state index contributed by atoms with van der Waals surface area (Å²) in [6.07, 6.45) is 0.544. The number of hydrogen-bond donors (Lipinski definition) is 1. The summed E-state index contributed by atoms with van der Waals surface area (Å²) in [5, 5.41) is 9.28. The Labute approximate surface area is 115 Å². The molecule has 4 nitrogen and oxygen atoms in total. The van der Waals surface area contributed by atoms with Crippen LogP contribution in [0.5, 0.6) is 5.75 Å². The first-order valence-electron chi connectivity index (χ1n) is 6.31. The summed E-state index contributed by atoms with van der Waals surface area (Å²) in [6.45, 7) is 3.51. The quantitative estimate of drug-likeness (QED) is 0.859. The maximum Gasteiger partial charge on any atom is 0.309 e. The molecule has 0 spiro atoms. The molecule has 0 bridgehead atoms. The van der Waals surface area contributed by atoms with Gasteiger partial charge in [0.15, 0.2) is 0 Å². The topological polar surface area (TPSA) is 49.8 Å². The summed E-state index contributed by atoms with van der Waals surface area (Å²) < 4.78 is 5.23. The first kappa shape index (κ1) is 15.5.